The minimum absolute atomic E-state index is 0.127. The minimum Gasteiger partial charge on any atom is -0.493 e. The first-order valence-electron chi connectivity index (χ1n) is 12.2. The van der Waals surface area contributed by atoms with Gasteiger partial charge in [-0.15, -0.1) is 0 Å². The van der Waals surface area contributed by atoms with Gasteiger partial charge in [0.25, 0.3) is 11.9 Å². The van der Waals surface area contributed by atoms with Gasteiger partial charge < -0.3 is 14.8 Å². The fraction of sp³-hybridized carbons (Fsp3) is 0.321. The van der Waals surface area contributed by atoms with Crippen LogP contribution < -0.4 is 14.8 Å². The number of nitrogens with zero attached hydrogens (tertiary/aromatic N) is 2. The molecule has 184 valence electrons. The van der Waals surface area contributed by atoms with Gasteiger partial charge in [0.1, 0.15) is 6.61 Å². The van der Waals surface area contributed by atoms with Crippen LogP contribution in [0.2, 0.25) is 0 Å². The van der Waals surface area contributed by atoms with Crippen LogP contribution in [0.4, 0.5) is 5.69 Å². The molecular formula is C28H27N3O5. The first-order chi connectivity index (χ1) is 17.6. The summed E-state index contributed by atoms with van der Waals surface area (Å²) in [6, 6.07) is 21.5. The number of hydrogen-bond donors (Lipinski definition) is 1. The largest absolute Gasteiger partial charge is 0.493 e. The monoisotopic (exact) mass is 485 g/mol. The second-order valence-corrected chi connectivity index (χ2v) is 9.61. The van der Waals surface area contributed by atoms with Gasteiger partial charge in [0.2, 0.25) is 0 Å². The van der Waals surface area contributed by atoms with Crippen molar-refractivity contribution in [2.45, 2.75) is 43.0 Å². The number of nitrogens with one attached hydrogen (secondary N) is 1. The summed E-state index contributed by atoms with van der Waals surface area (Å²) in [6.07, 6.45) is 1.68. The third-order valence-electron chi connectivity index (χ3n) is 7.90. The zero-order chi connectivity index (χ0) is 24.9. The average molecular weight is 486 g/mol. The van der Waals surface area contributed by atoms with Crippen molar-refractivity contribution in [1.82, 2.24) is 4.90 Å². The molecule has 0 bridgehead atoms. The van der Waals surface area contributed by atoms with Crippen molar-refractivity contribution in [1.29, 1.82) is 0 Å². The highest BCUT2D eigenvalue weighted by molar-refractivity contribution is 6.07. The molecule has 3 aliphatic heterocycles. The van der Waals surface area contributed by atoms with E-state index in [1.807, 2.05) is 72.8 Å². The van der Waals surface area contributed by atoms with Crippen molar-refractivity contribution in [3.63, 3.8) is 0 Å². The van der Waals surface area contributed by atoms with E-state index in [0.717, 1.165) is 24.0 Å². The molecule has 36 heavy (non-hydrogen) atoms. The van der Waals surface area contributed by atoms with Crippen molar-refractivity contribution < 1.29 is 19.2 Å². The van der Waals surface area contributed by atoms with Crippen LogP contribution >= 0.6 is 0 Å². The molecule has 1 spiro atoms. The lowest BCUT2D eigenvalue weighted by molar-refractivity contribution is -0.534. The summed E-state index contributed by atoms with van der Waals surface area (Å²) in [5.74, 6) is 0.307. The van der Waals surface area contributed by atoms with Crippen LogP contribution in [0.25, 0.3) is 0 Å². The molecule has 8 heteroatoms. The number of para-hydroxylation sites is 1. The number of carbonyl (C=O) groups excluding carboxylic acids is 1. The van der Waals surface area contributed by atoms with E-state index in [0.29, 0.717) is 35.9 Å². The van der Waals surface area contributed by atoms with Crippen molar-refractivity contribution in [3.05, 3.63) is 99.6 Å². The lowest BCUT2D eigenvalue weighted by Gasteiger charge is -2.32. The molecule has 3 aromatic rings. The third kappa shape index (κ3) is 3.21. The van der Waals surface area contributed by atoms with Crippen LogP contribution in [0, 0.1) is 10.1 Å². The van der Waals surface area contributed by atoms with Crippen LogP contribution in [-0.4, -0.2) is 41.5 Å². The number of nitro groups is 1. The molecule has 3 aromatic carbocycles. The molecule has 3 heterocycles. The average Bonchev–Trinajstić information content (AvgIpc) is 3.56. The molecular weight excluding hydrogens is 458 g/mol. The molecule has 0 unspecified atom stereocenters. The number of rotatable bonds is 6. The second-order valence-electron chi connectivity index (χ2n) is 9.61. The summed E-state index contributed by atoms with van der Waals surface area (Å²) in [5.41, 5.74) is 1.83. The summed E-state index contributed by atoms with van der Waals surface area (Å²) in [4.78, 5) is 28.2. The summed E-state index contributed by atoms with van der Waals surface area (Å²) < 4.78 is 11.7. The Balaban J connectivity index is 1.41. The van der Waals surface area contributed by atoms with Crippen molar-refractivity contribution in [2.24, 2.45) is 0 Å². The topological polar surface area (TPSA) is 93.9 Å². The van der Waals surface area contributed by atoms with Gasteiger partial charge in [-0.25, -0.2) is 0 Å². The number of anilines is 1. The molecule has 0 saturated carbocycles. The number of methoxy groups -OCH3 is 1. The molecule has 2 saturated heterocycles. The number of carbonyl (C=O) groups is 1. The Hall–Kier alpha value is -3.91. The van der Waals surface area contributed by atoms with Gasteiger partial charge in [-0.3, -0.25) is 19.8 Å². The molecule has 0 radical (unpaired) electrons. The first kappa shape index (κ1) is 22.5. The summed E-state index contributed by atoms with van der Waals surface area (Å²) in [7, 11) is 1.57. The quantitative estimate of drug-likeness (QED) is 0.413. The summed E-state index contributed by atoms with van der Waals surface area (Å²) in [6.45, 7) is 1.02. The standard InChI is InChI=1S/C28H27N3O5/c1-35-24-16-19(13-14-23(24)36-17-18-8-3-2-4-9-18)25-22-12-7-15-30(22)28(26(25)31(33)34)20-10-5-6-11-21(20)29-27(28)32/h2-6,8-11,13-14,16,22,25-26H,7,12,15,17H2,1H3,(H,29,32)/t22-,25+,26+,28+/m0/s1. The van der Waals surface area contributed by atoms with E-state index in [-0.39, 0.29) is 16.9 Å². The molecule has 3 aliphatic rings. The van der Waals surface area contributed by atoms with E-state index < -0.39 is 17.5 Å². The Morgan fingerprint density at radius 1 is 1.08 bits per heavy atom. The lowest BCUT2D eigenvalue weighted by Crippen LogP contribution is -2.55. The van der Waals surface area contributed by atoms with Crippen LogP contribution in [0.3, 0.4) is 0 Å². The van der Waals surface area contributed by atoms with Crippen LogP contribution in [0.15, 0.2) is 72.8 Å². The smallest absolute Gasteiger partial charge is 0.256 e. The Morgan fingerprint density at radius 2 is 1.86 bits per heavy atom. The number of fused-ring (bicyclic) bond motifs is 4. The molecule has 1 N–H and O–H groups in total. The Labute approximate surface area is 209 Å². The van der Waals surface area contributed by atoms with Crippen LogP contribution in [-0.2, 0) is 16.9 Å². The van der Waals surface area contributed by atoms with Crippen molar-refractivity contribution in [2.75, 3.05) is 19.0 Å². The maximum atomic E-state index is 13.6. The first-order valence-corrected chi connectivity index (χ1v) is 12.2. The number of ether oxygens (including phenoxy) is 2. The van der Waals surface area contributed by atoms with E-state index in [9.17, 15) is 14.9 Å². The van der Waals surface area contributed by atoms with Crippen LogP contribution in [0.1, 0.15) is 35.4 Å². The predicted octanol–water partition coefficient (Wildman–Crippen LogP) is 4.33. The summed E-state index contributed by atoms with van der Waals surface area (Å²) in [5, 5.41) is 15.7. The highest BCUT2D eigenvalue weighted by Gasteiger charge is 2.73. The van der Waals surface area contributed by atoms with Crippen molar-refractivity contribution >= 4 is 11.6 Å². The molecule has 1 amide bonds. The fourth-order valence-corrected chi connectivity index (χ4v) is 6.52. The van der Waals surface area contributed by atoms with Gasteiger partial charge in [0, 0.05) is 28.8 Å². The predicted molar refractivity (Wildman–Crippen MR) is 134 cm³/mol. The van der Waals surface area contributed by atoms with E-state index >= 15 is 0 Å². The van der Waals surface area contributed by atoms with Gasteiger partial charge in [0.15, 0.2) is 17.0 Å². The van der Waals surface area contributed by atoms with Gasteiger partial charge in [-0.2, -0.15) is 0 Å². The lowest BCUT2D eigenvalue weighted by atomic mass is 9.77. The van der Waals surface area contributed by atoms with E-state index in [1.165, 1.54) is 0 Å². The van der Waals surface area contributed by atoms with Crippen molar-refractivity contribution in [3.8, 4) is 11.5 Å². The van der Waals surface area contributed by atoms with Crippen LogP contribution in [0.5, 0.6) is 11.5 Å². The minimum atomic E-state index is -1.33. The zero-order valence-electron chi connectivity index (χ0n) is 19.9. The Bertz CT molecular complexity index is 1330. The molecule has 0 aromatic heterocycles. The number of amides is 1. The zero-order valence-corrected chi connectivity index (χ0v) is 19.9. The Morgan fingerprint density at radius 3 is 2.64 bits per heavy atom. The molecule has 8 nitrogen and oxygen atoms in total. The normalized spacial score (nSPS) is 26.5. The van der Waals surface area contributed by atoms with Gasteiger partial charge in [-0.1, -0.05) is 54.6 Å². The highest BCUT2D eigenvalue weighted by atomic mass is 16.6. The molecule has 4 atom stereocenters. The number of benzene rings is 3. The SMILES string of the molecule is COc1cc([C@@H]2[C@@H]3CCCN3[C@@]3(C(=O)Nc4ccccc43)[C@@H]2[N+](=O)[O-])ccc1OCc1ccccc1. The van der Waals surface area contributed by atoms with E-state index in [1.54, 1.807) is 7.11 Å². The fourth-order valence-electron chi connectivity index (χ4n) is 6.52. The highest BCUT2D eigenvalue weighted by Crippen LogP contribution is 2.58. The molecule has 2 fully saturated rings. The maximum absolute atomic E-state index is 13.6. The van der Waals surface area contributed by atoms with Gasteiger partial charge >= 0.3 is 0 Å². The maximum Gasteiger partial charge on any atom is 0.256 e. The summed E-state index contributed by atoms with van der Waals surface area (Å²) >= 11 is 0. The second kappa shape index (κ2) is 8.64. The van der Waals surface area contributed by atoms with Gasteiger partial charge in [0.05, 0.1) is 13.0 Å². The Kier molecular flexibility index (Phi) is 5.41. The van der Waals surface area contributed by atoms with E-state index in [4.69, 9.17) is 9.47 Å². The van der Waals surface area contributed by atoms with E-state index in [2.05, 4.69) is 10.2 Å². The van der Waals surface area contributed by atoms with Gasteiger partial charge in [-0.05, 0) is 42.2 Å². The third-order valence-corrected chi connectivity index (χ3v) is 7.90. The molecule has 6 rings (SSSR count). The molecule has 0 aliphatic carbocycles. The number of hydrogen-bond acceptors (Lipinski definition) is 6.